The predicted molar refractivity (Wildman–Crippen MR) is 83.1 cm³/mol. The van der Waals surface area contributed by atoms with E-state index in [1.807, 2.05) is 11.8 Å². The minimum absolute atomic E-state index is 0.286. The first-order valence-electron chi connectivity index (χ1n) is 7.36. The number of nitrogens with one attached hydrogen (secondary N) is 1. The molecule has 1 aromatic carbocycles. The predicted octanol–water partition coefficient (Wildman–Crippen LogP) is 3.95. The molecule has 0 saturated heterocycles. The van der Waals surface area contributed by atoms with Gasteiger partial charge in [-0.1, -0.05) is 39.3 Å². The van der Waals surface area contributed by atoms with Crippen LogP contribution in [0.15, 0.2) is 29.2 Å². The molecule has 0 aliphatic carbocycles. The monoisotopic (exact) mass is 279 g/mol. The smallest absolute Gasteiger partial charge is 0.133 e. The van der Waals surface area contributed by atoms with Gasteiger partial charge in [0.15, 0.2) is 0 Å². The Morgan fingerprint density at radius 1 is 1.37 bits per heavy atom. The second-order valence-corrected chi connectivity index (χ2v) is 6.39. The lowest BCUT2D eigenvalue weighted by Gasteiger charge is -2.33. The normalized spacial score (nSPS) is 21.3. The van der Waals surface area contributed by atoms with E-state index in [2.05, 4.69) is 50.4 Å². The molecule has 1 aromatic rings. The molecule has 2 nitrogen and oxygen atoms in total. The Morgan fingerprint density at radius 2 is 2.16 bits per heavy atom. The Balaban J connectivity index is 2.03. The molecule has 0 bridgehead atoms. The molecule has 0 saturated carbocycles. The number of fused-ring (bicyclic) bond motifs is 1. The summed E-state index contributed by atoms with van der Waals surface area (Å²) in [6, 6.07) is 8.82. The molecule has 106 valence electrons. The van der Waals surface area contributed by atoms with Crippen LogP contribution in [-0.2, 0) is 0 Å². The molecule has 1 heterocycles. The van der Waals surface area contributed by atoms with Gasteiger partial charge in [-0.05, 0) is 31.0 Å². The average molecular weight is 279 g/mol. The van der Waals surface area contributed by atoms with E-state index in [0.29, 0.717) is 6.04 Å². The summed E-state index contributed by atoms with van der Waals surface area (Å²) in [6.45, 7) is 7.77. The SMILES string of the molecule is CCNC(CC(C)CC)C1CSc2ccccc2O1. The van der Waals surface area contributed by atoms with Crippen LogP contribution in [0.4, 0.5) is 0 Å². The van der Waals surface area contributed by atoms with Crippen molar-refractivity contribution in [3.05, 3.63) is 24.3 Å². The van der Waals surface area contributed by atoms with Crippen LogP contribution in [0.25, 0.3) is 0 Å². The average Bonchev–Trinajstić information content (AvgIpc) is 2.46. The molecule has 0 spiro atoms. The van der Waals surface area contributed by atoms with Crippen molar-refractivity contribution in [2.75, 3.05) is 12.3 Å². The molecule has 0 aromatic heterocycles. The van der Waals surface area contributed by atoms with Crippen LogP contribution in [0.2, 0.25) is 0 Å². The molecule has 3 atom stereocenters. The molecule has 1 aliphatic heterocycles. The van der Waals surface area contributed by atoms with E-state index in [1.54, 1.807) is 0 Å². The summed E-state index contributed by atoms with van der Waals surface area (Å²) in [4.78, 5) is 1.28. The first-order valence-corrected chi connectivity index (χ1v) is 8.35. The molecule has 19 heavy (non-hydrogen) atoms. The Bertz CT molecular complexity index is 396. The second-order valence-electron chi connectivity index (χ2n) is 5.33. The van der Waals surface area contributed by atoms with E-state index in [-0.39, 0.29) is 6.10 Å². The van der Waals surface area contributed by atoms with Crippen LogP contribution in [0.5, 0.6) is 5.75 Å². The largest absolute Gasteiger partial charge is 0.487 e. The lowest BCUT2D eigenvalue weighted by molar-refractivity contribution is 0.151. The molecule has 1 aliphatic rings. The maximum absolute atomic E-state index is 6.21. The van der Waals surface area contributed by atoms with E-state index >= 15 is 0 Å². The van der Waals surface area contributed by atoms with Crippen molar-refractivity contribution in [2.45, 2.75) is 50.7 Å². The van der Waals surface area contributed by atoms with Gasteiger partial charge in [0.1, 0.15) is 11.9 Å². The third-order valence-corrected chi connectivity index (χ3v) is 4.94. The Hall–Kier alpha value is -0.670. The highest BCUT2D eigenvalue weighted by molar-refractivity contribution is 7.99. The Morgan fingerprint density at radius 3 is 2.89 bits per heavy atom. The lowest BCUT2D eigenvalue weighted by Crippen LogP contribution is -2.46. The number of rotatable bonds is 6. The zero-order valence-corrected chi connectivity index (χ0v) is 13.0. The van der Waals surface area contributed by atoms with Gasteiger partial charge >= 0.3 is 0 Å². The minimum Gasteiger partial charge on any atom is -0.487 e. The van der Waals surface area contributed by atoms with Crippen LogP contribution in [0.3, 0.4) is 0 Å². The summed E-state index contributed by atoms with van der Waals surface area (Å²) in [6.07, 6.45) is 2.71. The van der Waals surface area contributed by atoms with E-state index < -0.39 is 0 Å². The van der Waals surface area contributed by atoms with Crippen LogP contribution >= 0.6 is 11.8 Å². The Kier molecular flexibility index (Phi) is 5.59. The zero-order chi connectivity index (χ0) is 13.7. The fraction of sp³-hybridized carbons (Fsp3) is 0.625. The fourth-order valence-electron chi connectivity index (χ4n) is 2.46. The first kappa shape index (κ1) is 14.7. The summed E-state index contributed by atoms with van der Waals surface area (Å²) in [5, 5.41) is 3.61. The summed E-state index contributed by atoms with van der Waals surface area (Å²) < 4.78 is 6.21. The number of benzene rings is 1. The number of thioether (sulfide) groups is 1. The third kappa shape index (κ3) is 3.90. The van der Waals surface area contributed by atoms with Gasteiger partial charge in [-0.15, -0.1) is 11.8 Å². The summed E-state index contributed by atoms with van der Waals surface area (Å²) in [5.41, 5.74) is 0. The molecule has 1 N–H and O–H groups in total. The van der Waals surface area contributed by atoms with Crippen LogP contribution in [-0.4, -0.2) is 24.4 Å². The number of ether oxygens (including phenoxy) is 1. The summed E-state index contributed by atoms with van der Waals surface area (Å²) in [7, 11) is 0. The maximum atomic E-state index is 6.21. The zero-order valence-electron chi connectivity index (χ0n) is 12.2. The van der Waals surface area contributed by atoms with Crippen LogP contribution < -0.4 is 10.1 Å². The van der Waals surface area contributed by atoms with Gasteiger partial charge in [0.2, 0.25) is 0 Å². The first-order chi connectivity index (χ1) is 9.24. The summed E-state index contributed by atoms with van der Waals surface area (Å²) >= 11 is 1.92. The number of hydrogen-bond acceptors (Lipinski definition) is 3. The van der Waals surface area contributed by atoms with Crippen LogP contribution in [0.1, 0.15) is 33.6 Å². The molecular weight excluding hydrogens is 254 g/mol. The van der Waals surface area contributed by atoms with Gasteiger partial charge in [-0.25, -0.2) is 0 Å². The summed E-state index contributed by atoms with van der Waals surface area (Å²) in [5.74, 6) is 2.84. The van der Waals surface area contributed by atoms with Gasteiger partial charge in [-0.3, -0.25) is 0 Å². The topological polar surface area (TPSA) is 21.3 Å². The van der Waals surface area contributed by atoms with Crippen molar-refractivity contribution in [3.8, 4) is 5.75 Å². The van der Waals surface area contributed by atoms with Crippen molar-refractivity contribution in [2.24, 2.45) is 5.92 Å². The number of hydrogen-bond donors (Lipinski definition) is 1. The van der Waals surface area contributed by atoms with E-state index in [4.69, 9.17) is 4.74 Å². The number of para-hydroxylation sites is 1. The molecule has 3 unspecified atom stereocenters. The van der Waals surface area contributed by atoms with Crippen molar-refractivity contribution >= 4 is 11.8 Å². The Labute approximate surface area is 121 Å². The highest BCUT2D eigenvalue weighted by Gasteiger charge is 2.28. The van der Waals surface area contributed by atoms with Gasteiger partial charge in [0.05, 0.1) is 0 Å². The van der Waals surface area contributed by atoms with Gasteiger partial charge in [-0.2, -0.15) is 0 Å². The maximum Gasteiger partial charge on any atom is 0.133 e. The van der Waals surface area contributed by atoms with Crippen molar-refractivity contribution in [1.29, 1.82) is 0 Å². The van der Waals surface area contributed by atoms with Crippen molar-refractivity contribution in [1.82, 2.24) is 5.32 Å². The van der Waals surface area contributed by atoms with E-state index in [1.165, 1.54) is 17.7 Å². The molecule has 0 radical (unpaired) electrons. The lowest BCUT2D eigenvalue weighted by atomic mass is 9.96. The molecule has 0 amide bonds. The van der Waals surface area contributed by atoms with Crippen molar-refractivity contribution in [3.63, 3.8) is 0 Å². The molecular formula is C16H25NOS. The highest BCUT2D eigenvalue weighted by Crippen LogP contribution is 2.36. The fourth-order valence-corrected chi connectivity index (χ4v) is 3.54. The van der Waals surface area contributed by atoms with E-state index in [0.717, 1.165) is 24.0 Å². The van der Waals surface area contributed by atoms with Gasteiger partial charge in [0, 0.05) is 16.7 Å². The molecule has 2 rings (SSSR count). The highest BCUT2D eigenvalue weighted by atomic mass is 32.2. The number of likely N-dealkylation sites (N-methyl/N-ethyl adjacent to an activating group) is 1. The van der Waals surface area contributed by atoms with Gasteiger partial charge in [0.25, 0.3) is 0 Å². The minimum atomic E-state index is 0.286. The third-order valence-electron chi connectivity index (χ3n) is 3.80. The van der Waals surface area contributed by atoms with Crippen LogP contribution in [0, 0.1) is 5.92 Å². The second kappa shape index (κ2) is 7.20. The molecule has 3 heteroatoms. The molecule has 0 fully saturated rings. The standard InChI is InChI=1S/C16H25NOS/c1-4-12(3)10-13(17-5-2)15-11-19-16-9-7-6-8-14(16)18-15/h6-9,12-13,15,17H,4-5,10-11H2,1-3H3. The quantitative estimate of drug-likeness (QED) is 0.852. The van der Waals surface area contributed by atoms with Crippen molar-refractivity contribution < 1.29 is 4.74 Å². The van der Waals surface area contributed by atoms with Gasteiger partial charge < -0.3 is 10.1 Å². The van der Waals surface area contributed by atoms with E-state index in [9.17, 15) is 0 Å².